The molecule has 1 fully saturated rings. The summed E-state index contributed by atoms with van der Waals surface area (Å²) >= 11 is 0. The van der Waals surface area contributed by atoms with Crippen LogP contribution >= 0.6 is 0 Å². The third kappa shape index (κ3) is 3.62. The highest BCUT2D eigenvalue weighted by molar-refractivity contribution is 5.77. The minimum Gasteiger partial charge on any atom is -0.481 e. The maximum absolute atomic E-state index is 12.1. The highest BCUT2D eigenvalue weighted by atomic mass is 16.4. The van der Waals surface area contributed by atoms with E-state index in [-0.39, 0.29) is 11.6 Å². The number of hydrogen-bond acceptors (Lipinski definition) is 2. The number of carbonyl (C=O) groups is 2. The second-order valence-electron chi connectivity index (χ2n) is 5.32. The molecule has 0 aromatic carbocycles. The van der Waals surface area contributed by atoms with Crippen LogP contribution in [-0.2, 0) is 4.79 Å². The summed E-state index contributed by atoms with van der Waals surface area (Å²) < 4.78 is 0. The lowest BCUT2D eigenvalue weighted by Crippen LogP contribution is -2.53. The summed E-state index contributed by atoms with van der Waals surface area (Å²) in [4.78, 5) is 24.7. The molecule has 1 aliphatic heterocycles. The SMILES string of the molecule is CCC(C)(CC)NC(=O)N1CCC[C@H](C(=O)O)C1. The van der Waals surface area contributed by atoms with E-state index in [0.717, 1.165) is 19.3 Å². The van der Waals surface area contributed by atoms with Gasteiger partial charge in [0.15, 0.2) is 0 Å². The zero-order valence-corrected chi connectivity index (χ0v) is 11.5. The Morgan fingerprint density at radius 3 is 2.50 bits per heavy atom. The van der Waals surface area contributed by atoms with Crippen LogP contribution in [0, 0.1) is 5.92 Å². The average Bonchev–Trinajstić information content (AvgIpc) is 2.38. The fraction of sp³-hybridized carbons (Fsp3) is 0.846. The summed E-state index contributed by atoms with van der Waals surface area (Å²) in [6.45, 7) is 7.08. The second kappa shape index (κ2) is 6.07. The zero-order chi connectivity index (χ0) is 13.8. The van der Waals surface area contributed by atoms with Crippen molar-refractivity contribution in [1.82, 2.24) is 10.2 Å². The van der Waals surface area contributed by atoms with Crippen molar-refractivity contribution in [2.75, 3.05) is 13.1 Å². The number of carboxylic acids is 1. The van der Waals surface area contributed by atoms with E-state index in [4.69, 9.17) is 5.11 Å². The lowest BCUT2D eigenvalue weighted by molar-refractivity contribution is -0.143. The van der Waals surface area contributed by atoms with Gasteiger partial charge in [-0.3, -0.25) is 4.79 Å². The van der Waals surface area contributed by atoms with E-state index in [9.17, 15) is 9.59 Å². The summed E-state index contributed by atoms with van der Waals surface area (Å²) in [6, 6.07) is -0.132. The molecule has 5 heteroatoms. The van der Waals surface area contributed by atoms with Gasteiger partial charge in [-0.2, -0.15) is 0 Å². The molecule has 0 unspecified atom stereocenters. The number of urea groups is 1. The van der Waals surface area contributed by atoms with Crippen LogP contribution in [0.5, 0.6) is 0 Å². The van der Waals surface area contributed by atoms with Crippen LogP contribution in [0.25, 0.3) is 0 Å². The molecule has 104 valence electrons. The van der Waals surface area contributed by atoms with Gasteiger partial charge in [0.25, 0.3) is 0 Å². The Kier molecular flexibility index (Phi) is 4.99. The summed E-state index contributed by atoms with van der Waals surface area (Å²) in [5.74, 6) is -1.22. The Morgan fingerprint density at radius 1 is 1.39 bits per heavy atom. The molecule has 5 nitrogen and oxygen atoms in total. The highest BCUT2D eigenvalue weighted by Gasteiger charge is 2.30. The standard InChI is InChI=1S/C13H24N2O3/c1-4-13(3,5-2)14-12(18)15-8-6-7-10(9-15)11(16)17/h10H,4-9H2,1-3H3,(H,14,18)(H,16,17)/t10-/m0/s1. The Morgan fingerprint density at radius 2 is 2.00 bits per heavy atom. The average molecular weight is 256 g/mol. The number of aliphatic carboxylic acids is 1. The third-order valence-electron chi connectivity index (χ3n) is 4.03. The molecule has 2 amide bonds. The number of nitrogens with zero attached hydrogens (tertiary/aromatic N) is 1. The van der Waals surface area contributed by atoms with Gasteiger partial charge < -0.3 is 15.3 Å². The number of carboxylic acid groups (broad SMARTS) is 1. The minimum absolute atomic E-state index is 0.132. The van der Waals surface area contributed by atoms with Crippen LogP contribution < -0.4 is 5.32 Å². The van der Waals surface area contributed by atoms with Crippen molar-refractivity contribution >= 4 is 12.0 Å². The van der Waals surface area contributed by atoms with Gasteiger partial charge in [-0.15, -0.1) is 0 Å². The first-order valence-corrected chi connectivity index (χ1v) is 6.71. The number of likely N-dealkylation sites (tertiary alicyclic amines) is 1. The van der Waals surface area contributed by atoms with Gasteiger partial charge in [-0.1, -0.05) is 13.8 Å². The van der Waals surface area contributed by atoms with E-state index in [0.29, 0.717) is 19.5 Å². The van der Waals surface area contributed by atoms with Crippen molar-refractivity contribution < 1.29 is 14.7 Å². The molecule has 0 saturated carbocycles. The summed E-state index contributed by atoms with van der Waals surface area (Å²) in [5.41, 5.74) is -0.201. The maximum Gasteiger partial charge on any atom is 0.317 e. The van der Waals surface area contributed by atoms with E-state index < -0.39 is 11.9 Å². The largest absolute Gasteiger partial charge is 0.481 e. The van der Waals surface area contributed by atoms with E-state index in [1.807, 2.05) is 20.8 Å². The first-order chi connectivity index (χ1) is 8.41. The molecule has 1 rings (SSSR count). The molecule has 0 spiro atoms. The van der Waals surface area contributed by atoms with Gasteiger partial charge in [-0.05, 0) is 32.6 Å². The summed E-state index contributed by atoms with van der Waals surface area (Å²) in [7, 11) is 0. The van der Waals surface area contributed by atoms with Crippen LogP contribution in [0.4, 0.5) is 4.79 Å². The molecule has 2 N–H and O–H groups in total. The molecule has 0 radical (unpaired) electrons. The molecule has 0 aliphatic carbocycles. The van der Waals surface area contributed by atoms with Crippen molar-refractivity contribution in [3.63, 3.8) is 0 Å². The Labute approximate surface area is 109 Å². The third-order valence-corrected chi connectivity index (χ3v) is 4.03. The molecular weight excluding hydrogens is 232 g/mol. The molecule has 1 aliphatic rings. The van der Waals surface area contributed by atoms with Crippen molar-refractivity contribution in [3.05, 3.63) is 0 Å². The van der Waals surface area contributed by atoms with Crippen LogP contribution in [0.2, 0.25) is 0 Å². The predicted octanol–water partition coefficient (Wildman–Crippen LogP) is 2.07. The van der Waals surface area contributed by atoms with Crippen molar-refractivity contribution in [2.24, 2.45) is 5.92 Å². The number of piperidine rings is 1. The molecule has 1 atom stereocenters. The van der Waals surface area contributed by atoms with Gasteiger partial charge in [-0.25, -0.2) is 4.79 Å². The van der Waals surface area contributed by atoms with Gasteiger partial charge in [0.1, 0.15) is 0 Å². The first kappa shape index (κ1) is 14.8. The topological polar surface area (TPSA) is 69.6 Å². The van der Waals surface area contributed by atoms with Gasteiger partial charge in [0.05, 0.1) is 5.92 Å². The van der Waals surface area contributed by atoms with E-state index >= 15 is 0 Å². The van der Waals surface area contributed by atoms with Crippen molar-refractivity contribution in [3.8, 4) is 0 Å². The summed E-state index contributed by atoms with van der Waals surface area (Å²) in [6.07, 6.45) is 3.16. The van der Waals surface area contributed by atoms with E-state index in [1.165, 1.54) is 0 Å². The molecule has 1 heterocycles. The van der Waals surface area contributed by atoms with E-state index in [2.05, 4.69) is 5.32 Å². The Hall–Kier alpha value is -1.26. The minimum atomic E-state index is -0.804. The molecule has 18 heavy (non-hydrogen) atoms. The second-order valence-corrected chi connectivity index (χ2v) is 5.32. The lowest BCUT2D eigenvalue weighted by atomic mass is 9.95. The number of amides is 2. The fourth-order valence-electron chi connectivity index (χ4n) is 2.13. The zero-order valence-electron chi connectivity index (χ0n) is 11.5. The molecular formula is C13H24N2O3. The number of carbonyl (C=O) groups excluding carboxylic acids is 1. The summed E-state index contributed by atoms with van der Waals surface area (Å²) in [5, 5.41) is 12.0. The van der Waals surface area contributed by atoms with Gasteiger partial charge in [0.2, 0.25) is 0 Å². The van der Waals surface area contributed by atoms with Crippen LogP contribution in [0.15, 0.2) is 0 Å². The van der Waals surface area contributed by atoms with Crippen LogP contribution in [0.1, 0.15) is 46.5 Å². The maximum atomic E-state index is 12.1. The Balaban J connectivity index is 2.59. The monoisotopic (exact) mass is 256 g/mol. The van der Waals surface area contributed by atoms with Crippen molar-refractivity contribution in [2.45, 2.75) is 52.0 Å². The fourth-order valence-corrected chi connectivity index (χ4v) is 2.13. The number of nitrogens with one attached hydrogen (secondary N) is 1. The highest BCUT2D eigenvalue weighted by Crippen LogP contribution is 2.19. The molecule has 0 bridgehead atoms. The smallest absolute Gasteiger partial charge is 0.317 e. The van der Waals surface area contributed by atoms with Gasteiger partial charge in [0, 0.05) is 18.6 Å². The lowest BCUT2D eigenvalue weighted by Gasteiger charge is -2.35. The van der Waals surface area contributed by atoms with Crippen molar-refractivity contribution in [1.29, 1.82) is 0 Å². The van der Waals surface area contributed by atoms with Crippen LogP contribution in [-0.4, -0.2) is 40.6 Å². The quantitative estimate of drug-likeness (QED) is 0.809. The Bertz CT molecular complexity index is 313. The number of hydrogen-bond donors (Lipinski definition) is 2. The first-order valence-electron chi connectivity index (χ1n) is 6.71. The van der Waals surface area contributed by atoms with Crippen LogP contribution in [0.3, 0.4) is 0 Å². The molecule has 0 aromatic rings. The van der Waals surface area contributed by atoms with Gasteiger partial charge >= 0.3 is 12.0 Å². The molecule has 1 saturated heterocycles. The number of rotatable bonds is 4. The van der Waals surface area contributed by atoms with E-state index in [1.54, 1.807) is 4.90 Å². The molecule has 0 aromatic heterocycles. The normalized spacial score (nSPS) is 20.6. The predicted molar refractivity (Wildman–Crippen MR) is 69.5 cm³/mol.